The summed E-state index contributed by atoms with van der Waals surface area (Å²) in [7, 11) is 0. The molecule has 5 nitrogen and oxygen atoms in total. The second-order valence-corrected chi connectivity index (χ2v) is 4.56. The van der Waals surface area contributed by atoms with E-state index < -0.39 is 24.1 Å². The third kappa shape index (κ3) is 4.38. The molecule has 0 spiro atoms. The second kappa shape index (κ2) is 6.23. The largest absolute Gasteiger partial charge is 0.480 e. The van der Waals surface area contributed by atoms with Crippen molar-refractivity contribution in [3.05, 3.63) is 0 Å². The molecule has 0 radical (unpaired) electrons. The van der Waals surface area contributed by atoms with Crippen LogP contribution in [0.1, 0.15) is 19.8 Å². The smallest absolute Gasteiger partial charge is 0.471 e. The first-order valence-corrected chi connectivity index (χ1v) is 6.06. The van der Waals surface area contributed by atoms with Crippen molar-refractivity contribution in [3.8, 4) is 0 Å². The molecule has 1 aliphatic heterocycles. The van der Waals surface area contributed by atoms with Crippen LogP contribution < -0.4 is 0 Å². The summed E-state index contributed by atoms with van der Waals surface area (Å²) < 4.78 is 37.3. The summed E-state index contributed by atoms with van der Waals surface area (Å²) in [6.07, 6.45) is -3.10. The van der Waals surface area contributed by atoms with Crippen molar-refractivity contribution in [3.63, 3.8) is 0 Å². The van der Waals surface area contributed by atoms with Crippen LogP contribution in [0.4, 0.5) is 13.2 Å². The van der Waals surface area contributed by atoms with Crippen LogP contribution in [0.5, 0.6) is 0 Å². The molecule has 1 saturated heterocycles. The SMILES string of the molecule is CC(C(=O)O)N(CCN1CCCC1)C(=O)C(F)(F)F. The highest BCUT2D eigenvalue weighted by atomic mass is 19.4. The molecule has 0 aromatic carbocycles. The molecular weight excluding hydrogens is 265 g/mol. The van der Waals surface area contributed by atoms with Crippen LogP contribution in [0.15, 0.2) is 0 Å². The maximum Gasteiger partial charge on any atom is 0.471 e. The number of hydrogen-bond acceptors (Lipinski definition) is 3. The molecule has 0 aromatic heterocycles. The molecule has 1 atom stereocenters. The molecule has 1 rings (SSSR count). The van der Waals surface area contributed by atoms with Crippen molar-refractivity contribution in [2.75, 3.05) is 26.2 Å². The molecule has 0 saturated carbocycles. The predicted octanol–water partition coefficient (Wildman–Crippen LogP) is 0.946. The Morgan fingerprint density at radius 3 is 2.26 bits per heavy atom. The molecule has 0 aromatic rings. The molecule has 1 fully saturated rings. The number of nitrogens with zero attached hydrogens (tertiary/aromatic N) is 2. The normalized spacial score (nSPS) is 18.3. The number of carboxylic acids is 1. The molecule has 1 heterocycles. The quantitative estimate of drug-likeness (QED) is 0.815. The number of halogens is 3. The Kier molecular flexibility index (Phi) is 5.16. The van der Waals surface area contributed by atoms with Crippen LogP contribution in [-0.4, -0.2) is 65.2 Å². The van der Waals surface area contributed by atoms with E-state index in [1.807, 2.05) is 4.90 Å². The third-order valence-electron chi connectivity index (χ3n) is 3.18. The Morgan fingerprint density at radius 1 is 1.32 bits per heavy atom. The lowest BCUT2D eigenvalue weighted by molar-refractivity contribution is -0.189. The van der Waals surface area contributed by atoms with Gasteiger partial charge in [-0.05, 0) is 32.9 Å². The van der Waals surface area contributed by atoms with Crippen LogP contribution in [0.3, 0.4) is 0 Å². The summed E-state index contributed by atoms with van der Waals surface area (Å²) in [6.45, 7) is 2.66. The van der Waals surface area contributed by atoms with Crippen molar-refractivity contribution in [1.29, 1.82) is 0 Å². The molecule has 8 heteroatoms. The lowest BCUT2D eigenvalue weighted by Gasteiger charge is -2.29. The van der Waals surface area contributed by atoms with Crippen molar-refractivity contribution in [1.82, 2.24) is 9.80 Å². The van der Waals surface area contributed by atoms with Gasteiger partial charge in [-0.1, -0.05) is 0 Å². The fourth-order valence-electron chi connectivity index (χ4n) is 2.02. The minimum Gasteiger partial charge on any atom is -0.480 e. The maximum atomic E-state index is 12.4. The molecule has 1 unspecified atom stereocenters. The van der Waals surface area contributed by atoms with Gasteiger partial charge in [0.25, 0.3) is 0 Å². The highest BCUT2D eigenvalue weighted by Crippen LogP contribution is 2.20. The first kappa shape index (κ1) is 15.7. The monoisotopic (exact) mass is 282 g/mol. The van der Waals surface area contributed by atoms with Gasteiger partial charge >= 0.3 is 18.1 Å². The van der Waals surface area contributed by atoms with E-state index in [1.165, 1.54) is 0 Å². The summed E-state index contributed by atoms with van der Waals surface area (Å²) in [4.78, 5) is 24.3. The van der Waals surface area contributed by atoms with E-state index in [1.54, 1.807) is 0 Å². The van der Waals surface area contributed by atoms with Crippen LogP contribution in [-0.2, 0) is 9.59 Å². The summed E-state index contributed by atoms with van der Waals surface area (Å²) in [5.74, 6) is -3.54. The van der Waals surface area contributed by atoms with Crippen LogP contribution >= 0.6 is 0 Å². The van der Waals surface area contributed by atoms with Gasteiger partial charge in [0.05, 0.1) is 0 Å². The van der Waals surface area contributed by atoms with Gasteiger partial charge in [-0.3, -0.25) is 4.79 Å². The third-order valence-corrected chi connectivity index (χ3v) is 3.18. The van der Waals surface area contributed by atoms with Gasteiger partial charge in [-0.25, -0.2) is 4.79 Å². The highest BCUT2D eigenvalue weighted by Gasteiger charge is 2.45. The van der Waals surface area contributed by atoms with E-state index in [0.29, 0.717) is 4.90 Å². The molecule has 19 heavy (non-hydrogen) atoms. The first-order chi connectivity index (χ1) is 8.73. The Balaban J connectivity index is 2.68. The number of carbonyl (C=O) groups is 2. The summed E-state index contributed by atoms with van der Waals surface area (Å²) >= 11 is 0. The average Bonchev–Trinajstić information content (AvgIpc) is 2.80. The Labute approximate surface area is 109 Å². The van der Waals surface area contributed by atoms with E-state index in [9.17, 15) is 22.8 Å². The number of alkyl halides is 3. The molecule has 0 aliphatic carbocycles. The molecule has 0 bridgehead atoms. The number of carboxylic acid groups (broad SMARTS) is 1. The Bertz CT molecular complexity index is 341. The lowest BCUT2D eigenvalue weighted by Crippen LogP contribution is -2.51. The Hall–Kier alpha value is -1.31. The minimum atomic E-state index is -5.05. The van der Waals surface area contributed by atoms with Gasteiger partial charge in [-0.15, -0.1) is 0 Å². The fourth-order valence-corrected chi connectivity index (χ4v) is 2.02. The number of amides is 1. The van der Waals surface area contributed by atoms with Gasteiger partial charge in [0.15, 0.2) is 0 Å². The van der Waals surface area contributed by atoms with Gasteiger partial charge in [0, 0.05) is 13.1 Å². The van der Waals surface area contributed by atoms with E-state index >= 15 is 0 Å². The summed E-state index contributed by atoms with van der Waals surface area (Å²) in [5.41, 5.74) is 0. The highest BCUT2D eigenvalue weighted by molar-refractivity contribution is 5.86. The van der Waals surface area contributed by atoms with Crippen LogP contribution in [0, 0.1) is 0 Å². The van der Waals surface area contributed by atoms with E-state index in [0.717, 1.165) is 32.9 Å². The van der Waals surface area contributed by atoms with Crippen molar-refractivity contribution in [2.24, 2.45) is 0 Å². The topological polar surface area (TPSA) is 60.9 Å². The number of likely N-dealkylation sites (tertiary alicyclic amines) is 1. The molecule has 1 aliphatic rings. The van der Waals surface area contributed by atoms with Gasteiger partial charge < -0.3 is 14.9 Å². The zero-order valence-corrected chi connectivity index (χ0v) is 10.6. The predicted molar refractivity (Wildman–Crippen MR) is 60.5 cm³/mol. The zero-order chi connectivity index (χ0) is 14.6. The summed E-state index contributed by atoms with van der Waals surface area (Å²) in [6, 6.07) is -1.49. The van der Waals surface area contributed by atoms with Crippen LogP contribution in [0.2, 0.25) is 0 Å². The van der Waals surface area contributed by atoms with Gasteiger partial charge in [0.2, 0.25) is 0 Å². The summed E-state index contributed by atoms with van der Waals surface area (Å²) in [5, 5.41) is 8.78. The van der Waals surface area contributed by atoms with E-state index in [2.05, 4.69) is 0 Å². The van der Waals surface area contributed by atoms with Crippen LogP contribution in [0.25, 0.3) is 0 Å². The van der Waals surface area contributed by atoms with Gasteiger partial charge in [0.1, 0.15) is 6.04 Å². The average molecular weight is 282 g/mol. The fraction of sp³-hybridized carbons (Fsp3) is 0.818. The Morgan fingerprint density at radius 2 is 1.84 bits per heavy atom. The number of rotatable bonds is 5. The molecule has 110 valence electrons. The van der Waals surface area contributed by atoms with Crippen molar-refractivity contribution >= 4 is 11.9 Å². The number of hydrogen-bond donors (Lipinski definition) is 1. The van der Waals surface area contributed by atoms with E-state index in [4.69, 9.17) is 5.11 Å². The standard InChI is InChI=1S/C11H17F3N2O3/c1-8(9(17)18)16(10(19)11(12,13)14)7-6-15-4-2-3-5-15/h8H,2-7H2,1H3,(H,17,18). The van der Waals surface area contributed by atoms with Crippen molar-refractivity contribution in [2.45, 2.75) is 32.0 Å². The number of aliphatic carboxylic acids is 1. The maximum absolute atomic E-state index is 12.4. The molecule has 1 amide bonds. The first-order valence-electron chi connectivity index (χ1n) is 6.06. The molecule has 1 N–H and O–H groups in total. The minimum absolute atomic E-state index is 0.230. The lowest BCUT2D eigenvalue weighted by atomic mass is 10.2. The molecular formula is C11H17F3N2O3. The van der Waals surface area contributed by atoms with Crippen molar-refractivity contribution < 1.29 is 27.9 Å². The number of carbonyl (C=O) groups excluding carboxylic acids is 1. The van der Waals surface area contributed by atoms with E-state index in [-0.39, 0.29) is 13.1 Å². The van der Waals surface area contributed by atoms with Gasteiger partial charge in [-0.2, -0.15) is 13.2 Å². The zero-order valence-electron chi connectivity index (χ0n) is 10.6. The second-order valence-electron chi connectivity index (χ2n) is 4.56.